The molecule has 5 rings (SSSR count). The number of aryl methyl sites for hydroxylation is 1. The van der Waals surface area contributed by atoms with E-state index in [1.54, 1.807) is 12.1 Å². The van der Waals surface area contributed by atoms with Crippen molar-refractivity contribution in [3.63, 3.8) is 0 Å². The standard InChI is InChI=1S/C28H28N2O4S/c1-2-21-13-15-24(16-14-21)35(31,32)27-28(30-17-19-33-20-18-30)34-26(29-27)25(22-9-5-3-6-10-22)23-11-7-4-8-12-23/h3-16,25H,2,17-20H2,1H3. The molecule has 0 amide bonds. The highest BCUT2D eigenvalue weighted by molar-refractivity contribution is 7.91. The largest absolute Gasteiger partial charge is 0.423 e. The summed E-state index contributed by atoms with van der Waals surface area (Å²) in [5, 5.41) is -0.0458. The van der Waals surface area contributed by atoms with Crippen LogP contribution in [0.15, 0.2) is 99.3 Å². The molecule has 3 aromatic carbocycles. The molecule has 0 unspecified atom stereocenters. The molecule has 0 spiro atoms. The highest BCUT2D eigenvalue weighted by Crippen LogP contribution is 2.38. The number of nitrogens with zero attached hydrogens (tertiary/aromatic N) is 2. The zero-order valence-electron chi connectivity index (χ0n) is 19.6. The van der Waals surface area contributed by atoms with Gasteiger partial charge < -0.3 is 14.1 Å². The molecular weight excluding hydrogens is 460 g/mol. The second-order valence-corrected chi connectivity index (χ2v) is 10.4. The summed E-state index contributed by atoms with van der Waals surface area (Å²) in [6.07, 6.45) is 0.837. The van der Waals surface area contributed by atoms with Crippen molar-refractivity contribution in [3.8, 4) is 0 Å². The molecule has 0 aliphatic carbocycles. The summed E-state index contributed by atoms with van der Waals surface area (Å²) in [5.74, 6) is 0.288. The molecule has 0 atom stereocenters. The first-order valence-electron chi connectivity index (χ1n) is 11.8. The van der Waals surface area contributed by atoms with Gasteiger partial charge >= 0.3 is 0 Å². The third-order valence-electron chi connectivity index (χ3n) is 6.30. The summed E-state index contributed by atoms with van der Waals surface area (Å²) in [5.41, 5.74) is 3.03. The Morgan fingerprint density at radius 2 is 1.43 bits per heavy atom. The maximum absolute atomic E-state index is 13.8. The van der Waals surface area contributed by atoms with Gasteiger partial charge in [0.15, 0.2) is 0 Å². The van der Waals surface area contributed by atoms with E-state index in [2.05, 4.69) is 0 Å². The minimum atomic E-state index is -3.91. The molecule has 1 saturated heterocycles. The maximum atomic E-state index is 13.8. The van der Waals surface area contributed by atoms with Crippen LogP contribution in [-0.2, 0) is 21.0 Å². The fourth-order valence-electron chi connectivity index (χ4n) is 4.36. The van der Waals surface area contributed by atoms with E-state index in [-0.39, 0.29) is 21.7 Å². The Morgan fingerprint density at radius 3 is 1.97 bits per heavy atom. The van der Waals surface area contributed by atoms with Crippen LogP contribution in [0.1, 0.15) is 35.4 Å². The molecule has 4 aromatic rings. The van der Waals surface area contributed by atoms with Crippen LogP contribution >= 0.6 is 0 Å². The first-order chi connectivity index (χ1) is 17.1. The van der Waals surface area contributed by atoms with Crippen molar-refractivity contribution in [2.24, 2.45) is 0 Å². The van der Waals surface area contributed by atoms with Crippen molar-refractivity contribution in [1.29, 1.82) is 0 Å². The van der Waals surface area contributed by atoms with Gasteiger partial charge in [0.2, 0.25) is 26.6 Å². The fraction of sp³-hybridized carbons (Fsp3) is 0.250. The van der Waals surface area contributed by atoms with E-state index in [1.165, 1.54) is 0 Å². The zero-order chi connectivity index (χ0) is 24.3. The monoisotopic (exact) mass is 488 g/mol. The Kier molecular flexibility index (Phi) is 6.70. The summed E-state index contributed by atoms with van der Waals surface area (Å²) in [6, 6.07) is 26.8. The van der Waals surface area contributed by atoms with Crippen molar-refractivity contribution in [2.75, 3.05) is 31.2 Å². The SMILES string of the molecule is CCc1ccc(S(=O)(=O)c2nc(C(c3ccccc3)c3ccccc3)oc2N2CCOCC2)cc1. The number of sulfone groups is 1. The van der Waals surface area contributed by atoms with Gasteiger partial charge in [0.05, 0.1) is 24.0 Å². The van der Waals surface area contributed by atoms with Crippen LogP contribution < -0.4 is 4.90 Å². The summed E-state index contributed by atoms with van der Waals surface area (Å²) in [7, 11) is -3.91. The van der Waals surface area contributed by atoms with Gasteiger partial charge in [-0.1, -0.05) is 79.7 Å². The van der Waals surface area contributed by atoms with Crippen LogP contribution in [0.2, 0.25) is 0 Å². The maximum Gasteiger partial charge on any atom is 0.236 e. The molecule has 7 heteroatoms. The van der Waals surface area contributed by atoms with Crippen LogP contribution in [-0.4, -0.2) is 39.7 Å². The molecule has 1 aromatic heterocycles. The van der Waals surface area contributed by atoms with Gasteiger partial charge in [-0.25, -0.2) is 8.42 Å². The van der Waals surface area contributed by atoms with Crippen molar-refractivity contribution < 1.29 is 17.6 Å². The number of hydrogen-bond donors (Lipinski definition) is 0. The Balaban J connectivity index is 1.67. The number of morpholine rings is 1. The number of hydrogen-bond acceptors (Lipinski definition) is 6. The molecule has 0 saturated carbocycles. The van der Waals surface area contributed by atoms with Crippen LogP contribution in [0, 0.1) is 0 Å². The summed E-state index contributed by atoms with van der Waals surface area (Å²) >= 11 is 0. The van der Waals surface area contributed by atoms with Crippen molar-refractivity contribution in [1.82, 2.24) is 4.98 Å². The highest BCUT2D eigenvalue weighted by Gasteiger charge is 2.34. The summed E-state index contributed by atoms with van der Waals surface area (Å²) in [6.45, 7) is 4.11. The predicted molar refractivity (Wildman–Crippen MR) is 135 cm³/mol. The van der Waals surface area contributed by atoms with Crippen LogP contribution in [0.5, 0.6) is 0 Å². The molecule has 1 fully saturated rings. The minimum Gasteiger partial charge on any atom is -0.423 e. The number of ether oxygens (including phenoxy) is 1. The van der Waals surface area contributed by atoms with Crippen molar-refractivity contribution in [3.05, 3.63) is 108 Å². The average molecular weight is 489 g/mol. The summed E-state index contributed by atoms with van der Waals surface area (Å²) < 4.78 is 39.5. The van der Waals surface area contributed by atoms with E-state index in [9.17, 15) is 8.42 Å². The number of rotatable bonds is 7. The second-order valence-electron chi connectivity index (χ2n) is 8.52. The van der Waals surface area contributed by atoms with Crippen molar-refractivity contribution >= 4 is 15.7 Å². The first-order valence-corrected chi connectivity index (χ1v) is 13.3. The lowest BCUT2D eigenvalue weighted by molar-refractivity contribution is 0.120. The highest BCUT2D eigenvalue weighted by atomic mass is 32.2. The van der Waals surface area contributed by atoms with E-state index in [4.69, 9.17) is 14.1 Å². The summed E-state index contributed by atoms with van der Waals surface area (Å²) in [4.78, 5) is 6.82. The Morgan fingerprint density at radius 1 is 0.857 bits per heavy atom. The van der Waals surface area contributed by atoms with E-state index in [0.717, 1.165) is 23.1 Å². The molecule has 1 aliphatic rings. The van der Waals surface area contributed by atoms with Gasteiger partial charge in [0.1, 0.15) is 0 Å². The molecule has 0 bridgehead atoms. The molecule has 180 valence electrons. The van der Waals surface area contributed by atoms with Gasteiger partial charge in [0, 0.05) is 13.1 Å². The Labute approximate surface area is 206 Å². The van der Waals surface area contributed by atoms with Gasteiger partial charge in [0.25, 0.3) is 0 Å². The normalized spacial score (nSPS) is 14.4. The molecule has 2 heterocycles. The van der Waals surface area contributed by atoms with Crippen LogP contribution in [0.3, 0.4) is 0 Å². The molecule has 1 aliphatic heterocycles. The molecule has 6 nitrogen and oxygen atoms in total. The van der Waals surface area contributed by atoms with Crippen LogP contribution in [0.25, 0.3) is 0 Å². The number of oxazole rings is 1. The van der Waals surface area contributed by atoms with E-state index >= 15 is 0 Å². The molecule has 0 N–H and O–H groups in total. The second kappa shape index (κ2) is 10.1. The third kappa shape index (κ3) is 4.74. The number of benzene rings is 3. The minimum absolute atomic E-state index is 0.0458. The average Bonchev–Trinajstić information content (AvgIpc) is 3.36. The quantitative estimate of drug-likeness (QED) is 0.361. The van der Waals surface area contributed by atoms with Gasteiger partial charge in [-0.15, -0.1) is 0 Å². The lowest BCUT2D eigenvalue weighted by atomic mass is 9.91. The Hall–Kier alpha value is -3.42. The first kappa shape index (κ1) is 23.3. The van der Waals surface area contributed by atoms with Crippen LogP contribution in [0.4, 0.5) is 5.88 Å². The van der Waals surface area contributed by atoms with E-state index < -0.39 is 9.84 Å². The lowest BCUT2D eigenvalue weighted by Crippen LogP contribution is -2.36. The van der Waals surface area contributed by atoms with Gasteiger partial charge in [-0.3, -0.25) is 0 Å². The molecular formula is C28H28N2O4S. The van der Waals surface area contributed by atoms with E-state index in [1.807, 2.05) is 84.6 Å². The van der Waals surface area contributed by atoms with Crippen molar-refractivity contribution in [2.45, 2.75) is 29.2 Å². The lowest BCUT2D eigenvalue weighted by Gasteiger charge is -2.26. The molecule has 0 radical (unpaired) electrons. The smallest absolute Gasteiger partial charge is 0.236 e. The number of aromatic nitrogens is 1. The Bertz CT molecular complexity index is 1320. The zero-order valence-corrected chi connectivity index (χ0v) is 20.4. The van der Waals surface area contributed by atoms with E-state index in [0.29, 0.717) is 32.2 Å². The topological polar surface area (TPSA) is 72.6 Å². The molecule has 35 heavy (non-hydrogen) atoms. The fourth-order valence-corrected chi connectivity index (χ4v) is 5.69. The van der Waals surface area contributed by atoms with Gasteiger partial charge in [-0.05, 0) is 35.2 Å². The van der Waals surface area contributed by atoms with Gasteiger partial charge in [-0.2, -0.15) is 4.98 Å². The third-order valence-corrected chi connectivity index (χ3v) is 7.97. The number of anilines is 1. The predicted octanol–water partition coefficient (Wildman–Crippen LogP) is 5.09.